The summed E-state index contributed by atoms with van der Waals surface area (Å²) in [5.74, 6) is 6.48. The van der Waals surface area contributed by atoms with Crippen LogP contribution < -0.4 is 0 Å². The average molecular weight is 344 g/mol. The molecule has 0 saturated heterocycles. The van der Waals surface area contributed by atoms with Crippen LogP contribution in [0.25, 0.3) is 33.1 Å². The third-order valence-electron chi connectivity index (χ3n) is 4.70. The molecule has 5 rings (SSSR count). The van der Waals surface area contributed by atoms with Crippen LogP contribution in [-0.4, -0.2) is 0 Å². The van der Waals surface area contributed by atoms with Gasteiger partial charge in [0.2, 0.25) is 0 Å². The number of rotatable bonds is 1. The third kappa shape index (κ3) is 2.99. The second-order valence-electron chi connectivity index (χ2n) is 6.51. The van der Waals surface area contributed by atoms with E-state index in [1.165, 1.54) is 11.1 Å². The van der Waals surface area contributed by atoms with Crippen molar-refractivity contribution in [1.82, 2.24) is 0 Å². The molecule has 0 N–H and O–H groups in total. The second kappa shape index (κ2) is 6.52. The third-order valence-corrected chi connectivity index (χ3v) is 4.70. The molecule has 0 aliphatic carbocycles. The average Bonchev–Trinajstić information content (AvgIpc) is 3.11. The Bertz CT molecular complexity index is 1300. The Morgan fingerprint density at radius 1 is 0.481 bits per heavy atom. The highest BCUT2D eigenvalue weighted by molar-refractivity contribution is 6.06. The molecule has 27 heavy (non-hydrogen) atoms. The van der Waals surface area contributed by atoms with Gasteiger partial charge >= 0.3 is 0 Å². The van der Waals surface area contributed by atoms with E-state index < -0.39 is 0 Å². The van der Waals surface area contributed by atoms with Crippen molar-refractivity contribution in [3.05, 3.63) is 108 Å². The summed E-state index contributed by atoms with van der Waals surface area (Å²) in [5.41, 5.74) is 6.18. The van der Waals surface area contributed by atoms with Gasteiger partial charge in [0.25, 0.3) is 0 Å². The maximum Gasteiger partial charge on any atom is 0.135 e. The van der Waals surface area contributed by atoms with Gasteiger partial charge in [0.05, 0.1) is 0 Å². The molecule has 1 aromatic heterocycles. The van der Waals surface area contributed by atoms with Crippen molar-refractivity contribution >= 4 is 21.9 Å². The first-order chi connectivity index (χ1) is 13.4. The predicted octanol–water partition coefficient (Wildman–Crippen LogP) is 6.65. The molecule has 1 nitrogen and oxygen atoms in total. The van der Waals surface area contributed by atoms with Crippen LogP contribution in [0.2, 0.25) is 0 Å². The number of benzene rings is 4. The first kappa shape index (κ1) is 15.5. The highest BCUT2D eigenvalue weighted by Crippen LogP contribution is 2.32. The standard InChI is InChI=1S/C26H16O/c1-3-7-19(8-4-1)11-12-20-13-15-25-23(17-20)24-18-22(14-16-26(24)27-25)21-9-5-2-6-10-21/h1-10,13-18H. The van der Waals surface area contributed by atoms with Gasteiger partial charge in [-0.15, -0.1) is 0 Å². The lowest BCUT2D eigenvalue weighted by atomic mass is 10.0. The lowest BCUT2D eigenvalue weighted by Crippen LogP contribution is -1.78. The van der Waals surface area contributed by atoms with Crippen molar-refractivity contribution in [2.75, 3.05) is 0 Å². The van der Waals surface area contributed by atoms with Crippen LogP contribution in [0.15, 0.2) is 101 Å². The number of furan rings is 1. The summed E-state index contributed by atoms with van der Waals surface area (Å²) in [7, 11) is 0. The van der Waals surface area contributed by atoms with Crippen molar-refractivity contribution in [2.45, 2.75) is 0 Å². The largest absolute Gasteiger partial charge is 0.456 e. The summed E-state index contributed by atoms with van der Waals surface area (Å²) in [6.45, 7) is 0. The van der Waals surface area contributed by atoms with E-state index in [0.717, 1.165) is 33.1 Å². The highest BCUT2D eigenvalue weighted by atomic mass is 16.3. The molecule has 1 heteroatoms. The maximum atomic E-state index is 6.01. The van der Waals surface area contributed by atoms with E-state index in [-0.39, 0.29) is 0 Å². The van der Waals surface area contributed by atoms with Crippen LogP contribution in [0, 0.1) is 11.8 Å². The Kier molecular flexibility index (Phi) is 3.74. The summed E-state index contributed by atoms with van der Waals surface area (Å²) >= 11 is 0. The monoisotopic (exact) mass is 344 g/mol. The molecule has 1 heterocycles. The lowest BCUT2D eigenvalue weighted by molar-refractivity contribution is 0.669. The minimum absolute atomic E-state index is 0.889. The Morgan fingerprint density at radius 2 is 1.11 bits per heavy atom. The quantitative estimate of drug-likeness (QED) is 0.310. The van der Waals surface area contributed by atoms with Crippen LogP contribution in [-0.2, 0) is 0 Å². The molecule has 126 valence electrons. The molecule has 0 unspecified atom stereocenters. The Hall–Kier alpha value is -3.76. The van der Waals surface area contributed by atoms with E-state index >= 15 is 0 Å². The van der Waals surface area contributed by atoms with Crippen molar-refractivity contribution in [3.63, 3.8) is 0 Å². The fraction of sp³-hybridized carbons (Fsp3) is 0. The molecular weight excluding hydrogens is 328 g/mol. The molecule has 0 aliphatic rings. The second-order valence-corrected chi connectivity index (χ2v) is 6.51. The lowest BCUT2D eigenvalue weighted by Gasteiger charge is -2.01. The number of hydrogen-bond donors (Lipinski definition) is 0. The fourth-order valence-electron chi connectivity index (χ4n) is 3.33. The van der Waals surface area contributed by atoms with Crippen molar-refractivity contribution in [3.8, 4) is 23.0 Å². The maximum absolute atomic E-state index is 6.01. The first-order valence-electron chi connectivity index (χ1n) is 8.96. The van der Waals surface area contributed by atoms with Gasteiger partial charge < -0.3 is 4.42 Å². The Labute approximate surface area is 157 Å². The van der Waals surface area contributed by atoms with Gasteiger partial charge in [0, 0.05) is 21.9 Å². The Balaban J connectivity index is 1.63. The molecule has 4 aromatic carbocycles. The van der Waals surface area contributed by atoms with E-state index in [2.05, 4.69) is 54.3 Å². The van der Waals surface area contributed by atoms with Gasteiger partial charge in [-0.3, -0.25) is 0 Å². The van der Waals surface area contributed by atoms with E-state index in [9.17, 15) is 0 Å². The van der Waals surface area contributed by atoms with Gasteiger partial charge in [-0.05, 0) is 53.6 Å². The molecule has 0 fully saturated rings. The smallest absolute Gasteiger partial charge is 0.135 e. The van der Waals surface area contributed by atoms with E-state index in [1.807, 2.05) is 54.6 Å². The fourth-order valence-corrected chi connectivity index (χ4v) is 3.33. The molecule has 0 bridgehead atoms. The van der Waals surface area contributed by atoms with Crippen LogP contribution >= 0.6 is 0 Å². The Morgan fingerprint density at radius 3 is 1.89 bits per heavy atom. The predicted molar refractivity (Wildman–Crippen MR) is 112 cm³/mol. The van der Waals surface area contributed by atoms with Crippen LogP contribution in [0.5, 0.6) is 0 Å². The van der Waals surface area contributed by atoms with Crippen molar-refractivity contribution in [2.24, 2.45) is 0 Å². The van der Waals surface area contributed by atoms with Crippen LogP contribution in [0.3, 0.4) is 0 Å². The summed E-state index contributed by atoms with van der Waals surface area (Å²) in [6, 6.07) is 32.9. The van der Waals surface area contributed by atoms with E-state index in [4.69, 9.17) is 4.42 Å². The molecule has 0 aliphatic heterocycles. The molecule has 0 radical (unpaired) electrons. The molecule has 0 amide bonds. The zero-order chi connectivity index (χ0) is 18.1. The summed E-state index contributed by atoms with van der Waals surface area (Å²) in [4.78, 5) is 0. The summed E-state index contributed by atoms with van der Waals surface area (Å²) < 4.78 is 6.01. The zero-order valence-electron chi connectivity index (χ0n) is 14.6. The van der Waals surface area contributed by atoms with E-state index in [0.29, 0.717) is 0 Å². The van der Waals surface area contributed by atoms with Gasteiger partial charge in [-0.2, -0.15) is 0 Å². The minimum Gasteiger partial charge on any atom is -0.456 e. The van der Waals surface area contributed by atoms with Crippen LogP contribution in [0.1, 0.15) is 11.1 Å². The first-order valence-corrected chi connectivity index (χ1v) is 8.96. The SMILES string of the molecule is C(#Cc1ccc2oc3ccc(-c4ccccc4)cc3c2c1)c1ccccc1. The molecule has 0 saturated carbocycles. The zero-order valence-corrected chi connectivity index (χ0v) is 14.6. The van der Waals surface area contributed by atoms with Gasteiger partial charge in [0.15, 0.2) is 0 Å². The van der Waals surface area contributed by atoms with Gasteiger partial charge in [-0.1, -0.05) is 66.4 Å². The minimum atomic E-state index is 0.889. The summed E-state index contributed by atoms with van der Waals surface area (Å²) in [6.07, 6.45) is 0. The highest BCUT2D eigenvalue weighted by Gasteiger charge is 2.09. The number of hydrogen-bond acceptors (Lipinski definition) is 1. The summed E-state index contributed by atoms with van der Waals surface area (Å²) in [5, 5.41) is 2.22. The van der Waals surface area contributed by atoms with Crippen LogP contribution in [0.4, 0.5) is 0 Å². The topological polar surface area (TPSA) is 13.1 Å². The molecule has 5 aromatic rings. The molecular formula is C26H16O. The normalized spacial score (nSPS) is 10.7. The van der Waals surface area contributed by atoms with Gasteiger partial charge in [0.1, 0.15) is 11.2 Å². The van der Waals surface area contributed by atoms with Gasteiger partial charge in [-0.25, -0.2) is 0 Å². The number of fused-ring (bicyclic) bond motifs is 3. The van der Waals surface area contributed by atoms with E-state index in [1.54, 1.807) is 0 Å². The molecule has 0 atom stereocenters. The van der Waals surface area contributed by atoms with Crippen molar-refractivity contribution < 1.29 is 4.42 Å². The molecule has 0 spiro atoms. The van der Waals surface area contributed by atoms with Crippen molar-refractivity contribution in [1.29, 1.82) is 0 Å².